The highest BCUT2D eigenvalue weighted by Crippen LogP contribution is 2.20. The first-order valence-corrected chi connectivity index (χ1v) is 4.45. The summed E-state index contributed by atoms with van der Waals surface area (Å²) in [6.07, 6.45) is 0. The largest absolute Gasteiger partial charge is 0.140 e. The van der Waals surface area contributed by atoms with E-state index in [1.165, 1.54) is 16.6 Å². The van der Waals surface area contributed by atoms with Crippen LogP contribution in [0, 0.1) is 0 Å². The number of hydrogen-bond acceptors (Lipinski definition) is 0. The van der Waals surface area contributed by atoms with Gasteiger partial charge in [0.1, 0.15) is 7.85 Å². The highest BCUT2D eigenvalue weighted by Gasteiger charge is 2.05. The van der Waals surface area contributed by atoms with E-state index in [0.29, 0.717) is 0 Å². The van der Waals surface area contributed by atoms with Crippen LogP contribution >= 0.6 is 0 Å². The molecule has 0 aliphatic carbocycles. The summed E-state index contributed by atoms with van der Waals surface area (Å²) >= 11 is 0. The van der Waals surface area contributed by atoms with Gasteiger partial charge in [0.2, 0.25) is 0 Å². The van der Waals surface area contributed by atoms with Crippen LogP contribution in [0.4, 0.5) is 0 Å². The lowest BCUT2D eigenvalue weighted by Gasteiger charge is -2.12. The van der Waals surface area contributed by atoms with Crippen LogP contribution in [0.2, 0.25) is 0 Å². The van der Waals surface area contributed by atoms with Crippen LogP contribution in [-0.2, 0) is 0 Å². The van der Waals surface area contributed by atoms with Gasteiger partial charge in [0.15, 0.2) is 0 Å². The molecule has 1 aromatic rings. The van der Waals surface area contributed by atoms with E-state index >= 15 is 0 Å². The summed E-state index contributed by atoms with van der Waals surface area (Å²) < 4.78 is 0. The fraction of sp³-hybridized carbons (Fsp3) is 0.167. The van der Waals surface area contributed by atoms with Crippen molar-refractivity contribution in [3.8, 4) is 0 Å². The molecule has 0 heterocycles. The first kappa shape index (κ1) is 9.85. The maximum atomic E-state index is 3.99. The molecule has 1 rings (SSSR count). The molecule has 1 aromatic carbocycles. The number of benzene rings is 1. The highest BCUT2D eigenvalue weighted by molar-refractivity contribution is 6.35. The van der Waals surface area contributed by atoms with Gasteiger partial charge in [-0.05, 0) is 25.0 Å². The second kappa shape index (κ2) is 3.65. The molecule has 0 bridgehead atoms. The Morgan fingerprint density at radius 2 is 1.77 bits per heavy atom. The van der Waals surface area contributed by atoms with E-state index in [1.807, 2.05) is 13.8 Å². The van der Waals surface area contributed by atoms with Crippen LogP contribution in [0.3, 0.4) is 0 Å². The van der Waals surface area contributed by atoms with E-state index in [4.69, 9.17) is 0 Å². The molecule has 0 fully saturated rings. The summed E-state index contributed by atoms with van der Waals surface area (Å²) in [6, 6.07) is 6.27. The molecule has 0 aromatic heterocycles. The fourth-order valence-electron chi connectivity index (χ4n) is 1.59. The third-order valence-electron chi connectivity index (χ3n) is 2.16. The summed E-state index contributed by atoms with van der Waals surface area (Å²) in [5, 5.41) is 0. The van der Waals surface area contributed by atoms with Crippen molar-refractivity contribution in [1.82, 2.24) is 0 Å². The van der Waals surface area contributed by atoms with Gasteiger partial charge in [-0.25, -0.2) is 0 Å². The van der Waals surface area contributed by atoms with Crippen molar-refractivity contribution >= 4 is 24.5 Å². The van der Waals surface area contributed by atoms with Crippen LogP contribution in [0.15, 0.2) is 31.4 Å². The maximum Gasteiger partial charge on any atom is 0.140 e. The van der Waals surface area contributed by atoms with E-state index in [9.17, 15) is 0 Å². The van der Waals surface area contributed by atoms with Crippen molar-refractivity contribution in [3.63, 3.8) is 0 Å². The Morgan fingerprint density at radius 1 is 1.15 bits per heavy atom. The minimum Gasteiger partial charge on any atom is -0.0955 e. The third kappa shape index (κ3) is 1.92. The predicted octanol–water partition coefficient (Wildman–Crippen LogP) is 2.01. The fourth-order valence-corrected chi connectivity index (χ4v) is 1.59. The van der Waals surface area contributed by atoms with Gasteiger partial charge >= 0.3 is 0 Å². The predicted molar refractivity (Wildman–Crippen MR) is 64.0 cm³/mol. The van der Waals surface area contributed by atoms with Crippen LogP contribution in [-0.4, -0.2) is 7.85 Å². The van der Waals surface area contributed by atoms with Crippen LogP contribution < -0.4 is 5.46 Å². The lowest BCUT2D eigenvalue weighted by molar-refractivity contribution is 1.53. The van der Waals surface area contributed by atoms with E-state index in [2.05, 4.69) is 39.2 Å². The minimum absolute atomic E-state index is 1.10. The average molecular weight is 170 g/mol. The Bertz CT molecular complexity index is 361. The summed E-state index contributed by atoms with van der Waals surface area (Å²) in [5.74, 6) is 0. The summed E-state index contributed by atoms with van der Waals surface area (Å²) in [5.41, 5.74) is 5.94. The molecule has 0 aliphatic heterocycles. The second-order valence-electron chi connectivity index (χ2n) is 3.56. The van der Waals surface area contributed by atoms with Crippen molar-refractivity contribution < 1.29 is 0 Å². The van der Waals surface area contributed by atoms with Crippen molar-refractivity contribution in [2.45, 2.75) is 13.8 Å². The number of hydrogen-bond donors (Lipinski definition) is 0. The molecule has 0 nitrogen and oxygen atoms in total. The lowest BCUT2D eigenvalue weighted by atomic mass is 9.83. The number of rotatable bonds is 2. The maximum absolute atomic E-state index is 3.99. The van der Waals surface area contributed by atoms with Crippen LogP contribution in [0.5, 0.6) is 0 Å². The molecule has 1 heteroatoms. The Kier molecular flexibility index (Phi) is 2.77. The molecule has 0 saturated carbocycles. The zero-order chi connectivity index (χ0) is 10.0. The lowest BCUT2D eigenvalue weighted by Crippen LogP contribution is -2.10. The van der Waals surface area contributed by atoms with Crippen molar-refractivity contribution in [3.05, 3.63) is 42.5 Å². The average Bonchev–Trinajstić information content (AvgIpc) is 2.02. The molecule has 13 heavy (non-hydrogen) atoms. The molecule has 0 atom stereocenters. The molecule has 0 aliphatic rings. The molecule has 0 spiro atoms. The van der Waals surface area contributed by atoms with Gasteiger partial charge in [-0.15, -0.1) is 0 Å². The molecule has 0 amide bonds. The second-order valence-corrected chi connectivity index (χ2v) is 3.56. The van der Waals surface area contributed by atoms with Crippen LogP contribution in [0.25, 0.3) is 11.1 Å². The van der Waals surface area contributed by atoms with Gasteiger partial charge in [0, 0.05) is 0 Å². The smallest absolute Gasteiger partial charge is 0.0955 e. The van der Waals surface area contributed by atoms with E-state index < -0.39 is 0 Å². The summed E-state index contributed by atoms with van der Waals surface area (Å²) in [4.78, 5) is 0. The molecule has 0 saturated heterocycles. The topological polar surface area (TPSA) is 0 Å². The monoisotopic (exact) mass is 170 g/mol. The summed E-state index contributed by atoms with van der Waals surface area (Å²) in [6.45, 7) is 12.0. The minimum atomic E-state index is 1.10. The van der Waals surface area contributed by atoms with Crippen molar-refractivity contribution in [2.75, 3.05) is 0 Å². The first-order valence-electron chi connectivity index (χ1n) is 4.45. The van der Waals surface area contributed by atoms with E-state index in [-0.39, 0.29) is 0 Å². The van der Waals surface area contributed by atoms with Crippen molar-refractivity contribution in [2.24, 2.45) is 0 Å². The zero-order valence-electron chi connectivity index (χ0n) is 8.65. The first-order chi connectivity index (χ1) is 6.04. The highest BCUT2D eigenvalue weighted by atomic mass is 14.1. The third-order valence-corrected chi connectivity index (χ3v) is 2.16. The van der Waals surface area contributed by atoms with Crippen molar-refractivity contribution in [1.29, 1.82) is 0 Å². The Balaban J connectivity index is 3.43. The SMILES string of the molecule is Bc1cccc(C(=C)C)c1C(=C)C. The van der Waals surface area contributed by atoms with Gasteiger partial charge in [-0.3, -0.25) is 0 Å². The molecule has 0 unspecified atom stereocenters. The zero-order valence-corrected chi connectivity index (χ0v) is 8.65. The van der Waals surface area contributed by atoms with E-state index in [0.717, 1.165) is 11.1 Å². The Morgan fingerprint density at radius 3 is 2.15 bits per heavy atom. The van der Waals surface area contributed by atoms with Gasteiger partial charge in [0.05, 0.1) is 0 Å². The van der Waals surface area contributed by atoms with Gasteiger partial charge in [-0.2, -0.15) is 0 Å². The van der Waals surface area contributed by atoms with Gasteiger partial charge < -0.3 is 0 Å². The quantitative estimate of drug-likeness (QED) is 0.595. The van der Waals surface area contributed by atoms with Gasteiger partial charge in [0.25, 0.3) is 0 Å². The number of allylic oxidation sites excluding steroid dienone is 2. The normalized spacial score (nSPS) is 9.69. The van der Waals surface area contributed by atoms with Crippen LogP contribution in [0.1, 0.15) is 25.0 Å². The molecular formula is C12H15B. The standard InChI is InChI=1S/C12H15B/c1-8(2)10-6-5-7-11(13)12(10)9(3)4/h5-7H,1,3,13H2,2,4H3. The Hall–Kier alpha value is -1.24. The molecule has 66 valence electrons. The molecule has 0 radical (unpaired) electrons. The Labute approximate surface area is 81.4 Å². The molecule has 0 N–H and O–H groups in total. The van der Waals surface area contributed by atoms with Gasteiger partial charge in [-0.1, -0.05) is 48.0 Å². The summed E-state index contributed by atoms with van der Waals surface area (Å²) in [7, 11) is 2.11. The van der Waals surface area contributed by atoms with E-state index in [1.54, 1.807) is 0 Å². The molecular weight excluding hydrogens is 155 g/mol.